The maximum absolute atomic E-state index is 9.67. The van der Waals surface area contributed by atoms with Crippen LogP contribution in [0.5, 0.6) is 0 Å². The van der Waals surface area contributed by atoms with Crippen molar-refractivity contribution in [1.29, 1.82) is 0 Å². The van der Waals surface area contributed by atoms with Crippen LogP contribution in [0.1, 0.15) is 78.1 Å². The fraction of sp³-hybridized carbons (Fsp3) is 1.00. The Morgan fingerprint density at radius 2 is 1.56 bits per heavy atom. The first-order chi connectivity index (χ1) is 7.75. The zero-order chi connectivity index (χ0) is 11.8. The number of hydrogen-bond donors (Lipinski definition) is 1. The van der Waals surface area contributed by atoms with Crippen LogP contribution in [-0.4, -0.2) is 11.2 Å². The van der Waals surface area contributed by atoms with E-state index in [-0.39, 0.29) is 6.10 Å². The monoisotopic (exact) mass is 226 g/mol. The third-order valence-electron chi connectivity index (χ3n) is 4.36. The molecule has 0 aromatic rings. The average molecular weight is 226 g/mol. The molecule has 1 heteroatoms. The van der Waals surface area contributed by atoms with Gasteiger partial charge >= 0.3 is 0 Å². The molecule has 0 aromatic heterocycles. The molecule has 0 heterocycles. The SMILES string of the molecule is CCCCCCCCCC1CCC(O)C1C. The van der Waals surface area contributed by atoms with Crippen LogP contribution in [0.15, 0.2) is 0 Å². The highest BCUT2D eigenvalue weighted by Gasteiger charge is 2.30. The maximum atomic E-state index is 9.67. The second-order valence-electron chi connectivity index (χ2n) is 5.67. The van der Waals surface area contributed by atoms with Crippen molar-refractivity contribution in [1.82, 2.24) is 0 Å². The van der Waals surface area contributed by atoms with Gasteiger partial charge < -0.3 is 5.11 Å². The van der Waals surface area contributed by atoms with Crippen LogP contribution < -0.4 is 0 Å². The van der Waals surface area contributed by atoms with Gasteiger partial charge in [0.1, 0.15) is 0 Å². The molecule has 1 aliphatic rings. The third kappa shape index (κ3) is 4.86. The lowest BCUT2D eigenvalue weighted by molar-refractivity contribution is 0.125. The molecule has 0 amide bonds. The Hall–Kier alpha value is -0.0400. The van der Waals surface area contributed by atoms with Crippen molar-refractivity contribution in [2.75, 3.05) is 0 Å². The average Bonchev–Trinajstić information content (AvgIpc) is 2.59. The summed E-state index contributed by atoms with van der Waals surface area (Å²) in [6.45, 7) is 4.50. The van der Waals surface area contributed by atoms with Gasteiger partial charge in [-0.3, -0.25) is 0 Å². The smallest absolute Gasteiger partial charge is 0.0568 e. The summed E-state index contributed by atoms with van der Waals surface area (Å²) >= 11 is 0. The lowest BCUT2D eigenvalue weighted by Crippen LogP contribution is -2.15. The van der Waals surface area contributed by atoms with Crippen molar-refractivity contribution in [3.05, 3.63) is 0 Å². The van der Waals surface area contributed by atoms with Gasteiger partial charge in [0.2, 0.25) is 0 Å². The van der Waals surface area contributed by atoms with Crippen LogP contribution in [0.2, 0.25) is 0 Å². The van der Waals surface area contributed by atoms with Gasteiger partial charge in [0.05, 0.1) is 6.10 Å². The fourth-order valence-electron chi connectivity index (χ4n) is 3.00. The Morgan fingerprint density at radius 3 is 2.12 bits per heavy atom. The van der Waals surface area contributed by atoms with E-state index in [2.05, 4.69) is 13.8 Å². The zero-order valence-electron chi connectivity index (χ0n) is 11.3. The highest BCUT2D eigenvalue weighted by molar-refractivity contribution is 4.81. The van der Waals surface area contributed by atoms with Crippen LogP contribution in [-0.2, 0) is 0 Å². The van der Waals surface area contributed by atoms with Crippen LogP contribution in [0.3, 0.4) is 0 Å². The summed E-state index contributed by atoms with van der Waals surface area (Å²) < 4.78 is 0. The molecule has 1 nitrogen and oxygen atoms in total. The molecule has 96 valence electrons. The summed E-state index contributed by atoms with van der Waals surface area (Å²) in [5, 5.41) is 9.67. The van der Waals surface area contributed by atoms with Gasteiger partial charge in [-0.1, -0.05) is 65.2 Å². The molecule has 1 rings (SSSR count). The normalized spacial score (nSPS) is 29.8. The Balaban J connectivity index is 1.91. The van der Waals surface area contributed by atoms with E-state index in [4.69, 9.17) is 0 Å². The summed E-state index contributed by atoms with van der Waals surface area (Å²) in [6, 6.07) is 0. The highest BCUT2D eigenvalue weighted by Crippen LogP contribution is 2.35. The molecule has 0 saturated heterocycles. The lowest BCUT2D eigenvalue weighted by Gasteiger charge is -2.16. The number of aliphatic hydroxyl groups excluding tert-OH is 1. The van der Waals surface area contributed by atoms with E-state index in [1.54, 1.807) is 0 Å². The Kier molecular flexibility index (Phi) is 7.11. The van der Waals surface area contributed by atoms with Gasteiger partial charge in [-0.25, -0.2) is 0 Å². The van der Waals surface area contributed by atoms with Crippen LogP contribution >= 0.6 is 0 Å². The minimum atomic E-state index is -0.00504. The Labute approximate surface area is 102 Å². The predicted molar refractivity (Wildman–Crippen MR) is 70.5 cm³/mol. The largest absolute Gasteiger partial charge is 0.393 e. The number of unbranched alkanes of at least 4 members (excludes halogenated alkanes) is 6. The van der Waals surface area contributed by atoms with Crippen LogP contribution in [0.25, 0.3) is 0 Å². The molecular weight excluding hydrogens is 196 g/mol. The van der Waals surface area contributed by atoms with E-state index >= 15 is 0 Å². The van der Waals surface area contributed by atoms with Crippen molar-refractivity contribution < 1.29 is 5.11 Å². The number of rotatable bonds is 8. The minimum absolute atomic E-state index is 0.00504. The topological polar surface area (TPSA) is 20.2 Å². The molecule has 0 bridgehead atoms. The van der Waals surface area contributed by atoms with E-state index in [0.29, 0.717) is 5.92 Å². The first kappa shape index (κ1) is 14.0. The van der Waals surface area contributed by atoms with E-state index < -0.39 is 0 Å². The van der Waals surface area contributed by atoms with Crippen LogP contribution in [0.4, 0.5) is 0 Å². The van der Waals surface area contributed by atoms with Gasteiger partial charge in [-0.05, 0) is 24.7 Å². The Morgan fingerprint density at radius 1 is 0.938 bits per heavy atom. The molecule has 3 atom stereocenters. The summed E-state index contributed by atoms with van der Waals surface area (Å²) in [5.41, 5.74) is 0. The predicted octanol–water partition coefficient (Wildman–Crippen LogP) is 4.53. The van der Waals surface area contributed by atoms with Crippen LogP contribution in [0, 0.1) is 11.8 Å². The van der Waals surface area contributed by atoms with Crippen molar-refractivity contribution in [3.8, 4) is 0 Å². The summed E-state index contributed by atoms with van der Waals surface area (Å²) in [5.74, 6) is 1.37. The van der Waals surface area contributed by atoms with Gasteiger partial charge in [0.15, 0.2) is 0 Å². The van der Waals surface area contributed by atoms with E-state index in [1.165, 1.54) is 57.8 Å². The molecule has 0 aromatic carbocycles. The maximum Gasteiger partial charge on any atom is 0.0568 e. The molecule has 1 aliphatic carbocycles. The molecule has 0 spiro atoms. The minimum Gasteiger partial charge on any atom is -0.393 e. The Bertz CT molecular complexity index is 167. The first-order valence-electron chi connectivity index (χ1n) is 7.43. The first-order valence-corrected chi connectivity index (χ1v) is 7.43. The molecule has 16 heavy (non-hydrogen) atoms. The summed E-state index contributed by atoms with van der Waals surface area (Å²) in [7, 11) is 0. The zero-order valence-corrected chi connectivity index (χ0v) is 11.3. The summed E-state index contributed by atoms with van der Waals surface area (Å²) in [6.07, 6.45) is 13.5. The quantitative estimate of drug-likeness (QED) is 0.603. The third-order valence-corrected chi connectivity index (χ3v) is 4.36. The van der Waals surface area contributed by atoms with E-state index in [0.717, 1.165) is 12.3 Å². The number of aliphatic hydroxyl groups is 1. The second kappa shape index (κ2) is 8.11. The molecule has 0 radical (unpaired) electrons. The molecule has 1 fully saturated rings. The number of hydrogen-bond acceptors (Lipinski definition) is 1. The van der Waals surface area contributed by atoms with Crippen molar-refractivity contribution in [2.45, 2.75) is 84.2 Å². The molecule has 1 N–H and O–H groups in total. The molecule has 0 aliphatic heterocycles. The van der Waals surface area contributed by atoms with Crippen molar-refractivity contribution >= 4 is 0 Å². The van der Waals surface area contributed by atoms with Gasteiger partial charge in [-0.15, -0.1) is 0 Å². The molecule has 1 saturated carbocycles. The summed E-state index contributed by atoms with van der Waals surface area (Å²) in [4.78, 5) is 0. The molecule has 3 unspecified atom stereocenters. The van der Waals surface area contributed by atoms with Gasteiger partial charge in [0.25, 0.3) is 0 Å². The van der Waals surface area contributed by atoms with Gasteiger partial charge in [-0.2, -0.15) is 0 Å². The fourth-order valence-corrected chi connectivity index (χ4v) is 3.00. The van der Waals surface area contributed by atoms with E-state index in [9.17, 15) is 5.11 Å². The second-order valence-corrected chi connectivity index (χ2v) is 5.67. The lowest BCUT2D eigenvalue weighted by atomic mass is 9.91. The standard InChI is InChI=1S/C15H30O/c1-3-4-5-6-7-8-9-10-14-11-12-15(16)13(14)2/h13-16H,3-12H2,1-2H3. The van der Waals surface area contributed by atoms with E-state index in [1.807, 2.05) is 0 Å². The van der Waals surface area contributed by atoms with Crippen molar-refractivity contribution in [3.63, 3.8) is 0 Å². The van der Waals surface area contributed by atoms with Gasteiger partial charge in [0, 0.05) is 0 Å². The highest BCUT2D eigenvalue weighted by atomic mass is 16.3. The van der Waals surface area contributed by atoms with Crippen molar-refractivity contribution in [2.24, 2.45) is 11.8 Å². The molecular formula is C15H30O.